The Kier molecular flexibility index (Phi) is 8.07. The molecule has 39 heavy (non-hydrogen) atoms. The number of aromatic nitrogens is 3. The number of halogens is 4. The smallest absolute Gasteiger partial charge is 0.425 e. The van der Waals surface area contributed by atoms with Crippen LogP contribution in [0.3, 0.4) is 0 Å². The Hall–Kier alpha value is -3.99. The molecular formula is C25H23BrF3N5O5. The van der Waals surface area contributed by atoms with E-state index in [1.165, 1.54) is 12.3 Å². The number of hydrogen-bond acceptors (Lipinski definition) is 9. The molecule has 0 aliphatic heterocycles. The Labute approximate surface area is 229 Å². The number of hydrogen-bond donors (Lipinski definition) is 0. The van der Waals surface area contributed by atoms with Crippen LogP contribution in [0.1, 0.15) is 52.7 Å². The number of rotatable bonds is 3. The van der Waals surface area contributed by atoms with Crippen molar-refractivity contribution in [3.05, 3.63) is 46.2 Å². The number of carbonyl (C=O) groups is 2. The zero-order valence-corrected chi connectivity index (χ0v) is 23.3. The van der Waals surface area contributed by atoms with Crippen LogP contribution in [-0.2, 0) is 15.7 Å². The average molecular weight is 610 g/mol. The summed E-state index contributed by atoms with van der Waals surface area (Å²) in [5.74, 6) is -0.594. The molecule has 0 spiro atoms. The average Bonchev–Trinajstić information content (AvgIpc) is 3.26. The predicted octanol–water partition coefficient (Wildman–Crippen LogP) is 7.13. The van der Waals surface area contributed by atoms with E-state index in [1.54, 1.807) is 47.6 Å². The highest BCUT2D eigenvalue weighted by Gasteiger charge is 2.38. The van der Waals surface area contributed by atoms with Crippen molar-refractivity contribution in [3.63, 3.8) is 0 Å². The van der Waals surface area contributed by atoms with Crippen LogP contribution in [0, 0.1) is 11.3 Å². The fraction of sp³-hybridized carbons (Fsp3) is 0.360. The number of alkyl halides is 3. The first kappa shape index (κ1) is 29.6. The van der Waals surface area contributed by atoms with Crippen LogP contribution in [-0.4, -0.2) is 38.5 Å². The molecule has 0 radical (unpaired) electrons. The highest BCUT2D eigenvalue weighted by molar-refractivity contribution is 9.10. The summed E-state index contributed by atoms with van der Waals surface area (Å²) in [6.45, 7) is 9.53. The monoisotopic (exact) mass is 609 g/mol. The quantitative estimate of drug-likeness (QED) is 0.304. The number of nitriles is 1. The van der Waals surface area contributed by atoms with Gasteiger partial charge in [0.25, 0.3) is 0 Å². The third-order valence-corrected chi connectivity index (χ3v) is 4.94. The molecule has 0 fully saturated rings. The summed E-state index contributed by atoms with van der Waals surface area (Å²) in [4.78, 5) is 35.1. The zero-order valence-electron chi connectivity index (χ0n) is 21.7. The number of nitrogens with zero attached hydrogens (tertiary/aromatic N) is 5. The summed E-state index contributed by atoms with van der Waals surface area (Å²) in [7, 11) is 0. The minimum atomic E-state index is -4.80. The summed E-state index contributed by atoms with van der Waals surface area (Å²) >= 11 is 3.15. The molecule has 2 aromatic heterocycles. The third-order valence-electron chi connectivity index (χ3n) is 4.56. The van der Waals surface area contributed by atoms with Crippen molar-refractivity contribution in [3.8, 4) is 28.8 Å². The molecule has 0 saturated heterocycles. The van der Waals surface area contributed by atoms with Crippen LogP contribution >= 0.6 is 15.9 Å². The van der Waals surface area contributed by atoms with Gasteiger partial charge in [-0.15, -0.1) is 0 Å². The van der Waals surface area contributed by atoms with Gasteiger partial charge < -0.3 is 14.0 Å². The van der Waals surface area contributed by atoms with Crippen molar-refractivity contribution in [1.29, 1.82) is 5.26 Å². The summed E-state index contributed by atoms with van der Waals surface area (Å²) in [6.07, 6.45) is -5.88. The van der Waals surface area contributed by atoms with Gasteiger partial charge in [0.05, 0.1) is 23.4 Å². The lowest BCUT2D eigenvalue weighted by Crippen LogP contribution is -2.44. The lowest BCUT2D eigenvalue weighted by molar-refractivity contribution is -0.137. The van der Waals surface area contributed by atoms with Gasteiger partial charge in [-0.05, 0) is 69.6 Å². The maximum Gasteiger partial charge on any atom is 0.425 e. The van der Waals surface area contributed by atoms with Gasteiger partial charge in [0.1, 0.15) is 21.5 Å². The molecule has 0 unspecified atom stereocenters. The summed E-state index contributed by atoms with van der Waals surface area (Å²) in [6, 6.07) is 5.79. The molecule has 10 nitrogen and oxygen atoms in total. The standard InChI is InChI=1S/C25H23BrF3N5O5/c1-23(2,3)37-21(35)34(22(36)38-24(4,5)6)20-19(32-18(26)12-31-20)17-10-16(33-39-17)14-8-7-13(11-30)9-15(14)25(27,28)29/h7-10,12H,1-6H3. The van der Waals surface area contributed by atoms with E-state index in [0.29, 0.717) is 11.0 Å². The van der Waals surface area contributed by atoms with E-state index in [-0.39, 0.29) is 38.7 Å². The number of imide groups is 1. The molecule has 3 aromatic rings. The molecule has 206 valence electrons. The second-order valence-electron chi connectivity index (χ2n) is 10.1. The van der Waals surface area contributed by atoms with E-state index in [2.05, 4.69) is 31.1 Å². The van der Waals surface area contributed by atoms with Crippen LogP contribution in [0.25, 0.3) is 22.7 Å². The zero-order chi connectivity index (χ0) is 29.3. The Morgan fingerprint density at radius 1 is 1.03 bits per heavy atom. The molecule has 2 heterocycles. The molecule has 0 N–H and O–H groups in total. The van der Waals surface area contributed by atoms with E-state index in [1.807, 2.05) is 0 Å². The van der Waals surface area contributed by atoms with Crippen LogP contribution in [0.2, 0.25) is 0 Å². The molecule has 0 saturated carbocycles. The van der Waals surface area contributed by atoms with Crippen molar-refractivity contribution < 1.29 is 36.8 Å². The lowest BCUT2D eigenvalue weighted by Gasteiger charge is -2.28. The first-order chi connectivity index (χ1) is 17.9. The minimum absolute atomic E-state index is 0.155. The Morgan fingerprint density at radius 2 is 1.62 bits per heavy atom. The van der Waals surface area contributed by atoms with Crippen molar-refractivity contribution in [2.45, 2.75) is 58.9 Å². The molecule has 1 aromatic carbocycles. The molecule has 0 aliphatic rings. The van der Waals surface area contributed by atoms with Gasteiger partial charge >= 0.3 is 18.4 Å². The van der Waals surface area contributed by atoms with Gasteiger partial charge in [0.2, 0.25) is 0 Å². The van der Waals surface area contributed by atoms with Gasteiger partial charge in [0.15, 0.2) is 17.3 Å². The summed E-state index contributed by atoms with van der Waals surface area (Å²) < 4.78 is 57.4. The number of anilines is 1. The Balaban J connectivity index is 2.18. The normalized spacial score (nSPS) is 12.0. The van der Waals surface area contributed by atoms with Gasteiger partial charge in [-0.2, -0.15) is 23.3 Å². The minimum Gasteiger partial charge on any atom is -0.443 e. The van der Waals surface area contributed by atoms with Crippen molar-refractivity contribution in [1.82, 2.24) is 15.1 Å². The van der Waals surface area contributed by atoms with E-state index in [4.69, 9.17) is 19.3 Å². The maximum absolute atomic E-state index is 13.7. The molecule has 14 heteroatoms. The van der Waals surface area contributed by atoms with Crippen LogP contribution in [0.15, 0.2) is 39.6 Å². The maximum atomic E-state index is 13.7. The molecule has 0 bridgehead atoms. The van der Waals surface area contributed by atoms with Crippen molar-refractivity contribution in [2.75, 3.05) is 4.90 Å². The first-order valence-corrected chi connectivity index (χ1v) is 12.1. The van der Waals surface area contributed by atoms with Crippen molar-refractivity contribution >= 4 is 33.9 Å². The van der Waals surface area contributed by atoms with Crippen LogP contribution in [0.5, 0.6) is 0 Å². The largest absolute Gasteiger partial charge is 0.443 e. The van der Waals surface area contributed by atoms with E-state index in [9.17, 15) is 22.8 Å². The second-order valence-corrected chi connectivity index (χ2v) is 10.9. The fourth-order valence-electron chi connectivity index (χ4n) is 3.14. The number of amides is 2. The van der Waals surface area contributed by atoms with Crippen molar-refractivity contribution in [2.24, 2.45) is 0 Å². The SMILES string of the molecule is CC(C)(C)OC(=O)N(C(=O)OC(C)(C)C)c1ncc(Br)nc1-c1cc(-c2ccc(C#N)cc2C(F)(F)F)no1. The topological polar surface area (TPSA) is 131 Å². The number of carbonyl (C=O) groups excluding carboxylic acids is 2. The predicted molar refractivity (Wildman–Crippen MR) is 135 cm³/mol. The van der Waals surface area contributed by atoms with Gasteiger partial charge in [-0.3, -0.25) is 0 Å². The first-order valence-electron chi connectivity index (χ1n) is 11.3. The number of benzene rings is 1. The third kappa shape index (κ3) is 7.32. The van der Waals surface area contributed by atoms with E-state index >= 15 is 0 Å². The lowest BCUT2D eigenvalue weighted by atomic mass is 10.0. The molecule has 2 amide bonds. The highest BCUT2D eigenvalue weighted by Crippen LogP contribution is 2.39. The van der Waals surface area contributed by atoms with Gasteiger partial charge in [-0.25, -0.2) is 19.6 Å². The van der Waals surface area contributed by atoms with Gasteiger partial charge in [-0.1, -0.05) is 11.2 Å². The Bertz CT molecular complexity index is 1420. The summed E-state index contributed by atoms with van der Waals surface area (Å²) in [5, 5.41) is 12.8. The second kappa shape index (κ2) is 10.6. The summed E-state index contributed by atoms with van der Waals surface area (Å²) in [5.41, 5.74) is -4.15. The Morgan fingerprint density at radius 3 is 2.13 bits per heavy atom. The van der Waals surface area contributed by atoms with E-state index < -0.39 is 35.1 Å². The van der Waals surface area contributed by atoms with Crippen LogP contribution < -0.4 is 4.90 Å². The molecule has 0 atom stereocenters. The number of ether oxygens (including phenoxy) is 2. The van der Waals surface area contributed by atoms with E-state index in [0.717, 1.165) is 12.1 Å². The molecular weight excluding hydrogens is 587 g/mol. The fourth-order valence-corrected chi connectivity index (χ4v) is 3.42. The highest BCUT2D eigenvalue weighted by atomic mass is 79.9. The van der Waals surface area contributed by atoms with Gasteiger partial charge in [0, 0.05) is 11.6 Å². The molecule has 0 aliphatic carbocycles. The molecule has 3 rings (SSSR count). The van der Waals surface area contributed by atoms with Crippen LogP contribution in [0.4, 0.5) is 28.6 Å².